The van der Waals surface area contributed by atoms with E-state index in [-0.39, 0.29) is 0 Å². The molecule has 0 saturated carbocycles. The predicted octanol–water partition coefficient (Wildman–Crippen LogP) is 3.79. The van der Waals surface area contributed by atoms with Crippen LogP contribution in [0.25, 0.3) is 0 Å². The molecule has 0 amide bonds. The van der Waals surface area contributed by atoms with Gasteiger partial charge in [-0.15, -0.1) is 0 Å². The largest absolute Gasteiger partial charge is 0.0957 e. The maximum atomic E-state index is 2.41. The van der Waals surface area contributed by atoms with Crippen molar-refractivity contribution in [1.29, 1.82) is 0 Å². The molecule has 0 atom stereocenters. The molecule has 0 aliphatic rings. The minimum atomic E-state index is -1.31. The van der Waals surface area contributed by atoms with E-state index in [1.54, 1.807) is 15.6 Å². The molecule has 0 radical (unpaired) electrons. The summed E-state index contributed by atoms with van der Waals surface area (Å²) in [5.41, 5.74) is 13.2. The minimum absolute atomic E-state index is 0.439. The topological polar surface area (TPSA) is 0 Å². The first kappa shape index (κ1) is 21.8. The summed E-state index contributed by atoms with van der Waals surface area (Å²) in [6.07, 6.45) is 0. The first-order valence-electron chi connectivity index (χ1n) is 10.8. The highest BCUT2D eigenvalue weighted by molar-refractivity contribution is 7.30. The monoisotopic (exact) mass is 416 g/mol. The highest BCUT2D eigenvalue weighted by atomic mass is 29.2. The summed E-state index contributed by atoms with van der Waals surface area (Å²) in [5.74, 6) is 0. The fourth-order valence-corrected chi connectivity index (χ4v) is 18.3. The maximum Gasteiger partial charge on any atom is 0.0957 e. The van der Waals surface area contributed by atoms with Gasteiger partial charge in [-0.2, -0.15) is 0 Å². The number of hydrogen-bond donors (Lipinski definition) is 0. The Balaban J connectivity index is 2.27. The van der Waals surface area contributed by atoms with Crippen molar-refractivity contribution in [3.05, 3.63) is 86.5 Å². The standard InChI is InChI=1S/C27H36Si2/c1-16-10-19(4)25(20(5)11-16)28-29(26-21(6)12-17(2)13-22(26)7)27-23(8)14-18(3)15-24(27)9/h10-15,29H,28H2,1-9H3. The van der Waals surface area contributed by atoms with Gasteiger partial charge in [-0.3, -0.25) is 0 Å². The van der Waals surface area contributed by atoms with Gasteiger partial charge in [-0.1, -0.05) is 102 Å². The van der Waals surface area contributed by atoms with E-state index >= 15 is 0 Å². The molecule has 3 aromatic rings. The van der Waals surface area contributed by atoms with Gasteiger partial charge in [-0.25, -0.2) is 0 Å². The molecule has 0 spiro atoms. The van der Waals surface area contributed by atoms with Gasteiger partial charge in [0.05, 0.1) is 17.4 Å². The van der Waals surface area contributed by atoms with Crippen LogP contribution < -0.4 is 15.6 Å². The Morgan fingerprint density at radius 3 is 1.03 bits per heavy atom. The van der Waals surface area contributed by atoms with Crippen molar-refractivity contribution < 1.29 is 0 Å². The van der Waals surface area contributed by atoms with Crippen molar-refractivity contribution in [2.75, 3.05) is 0 Å². The molecule has 0 unspecified atom stereocenters. The summed E-state index contributed by atoms with van der Waals surface area (Å²) in [4.78, 5) is 0. The third-order valence-electron chi connectivity index (χ3n) is 6.42. The molecule has 0 nitrogen and oxygen atoms in total. The number of rotatable bonds is 4. The Hall–Kier alpha value is -1.91. The molecular formula is C27H36Si2. The highest BCUT2D eigenvalue weighted by Crippen LogP contribution is 2.13. The second-order valence-corrected chi connectivity index (χ2v) is 16.3. The predicted molar refractivity (Wildman–Crippen MR) is 137 cm³/mol. The Labute approximate surface area is 181 Å². The van der Waals surface area contributed by atoms with Gasteiger partial charge in [0, 0.05) is 0 Å². The van der Waals surface area contributed by atoms with Crippen molar-refractivity contribution in [3.8, 4) is 0 Å². The molecule has 3 rings (SSSR count). The van der Waals surface area contributed by atoms with Crippen LogP contribution in [-0.2, 0) is 0 Å². The van der Waals surface area contributed by atoms with E-state index in [4.69, 9.17) is 0 Å². The molecule has 0 fully saturated rings. The number of benzene rings is 3. The van der Waals surface area contributed by atoms with Gasteiger partial charge in [-0.05, 0) is 62.3 Å². The Kier molecular flexibility index (Phi) is 6.35. The lowest BCUT2D eigenvalue weighted by Crippen LogP contribution is -2.56. The molecule has 0 aromatic heterocycles. The molecule has 29 heavy (non-hydrogen) atoms. The lowest BCUT2D eigenvalue weighted by molar-refractivity contribution is 1.34. The zero-order valence-corrected chi connectivity index (χ0v) is 22.3. The maximum absolute atomic E-state index is 2.41. The van der Waals surface area contributed by atoms with Crippen molar-refractivity contribution in [2.45, 2.75) is 62.3 Å². The van der Waals surface area contributed by atoms with Crippen LogP contribution in [0.3, 0.4) is 0 Å². The molecule has 0 aliphatic carbocycles. The zero-order valence-electron chi connectivity index (χ0n) is 19.7. The van der Waals surface area contributed by atoms with E-state index in [1.807, 2.05) is 0 Å². The van der Waals surface area contributed by atoms with E-state index in [1.165, 1.54) is 50.1 Å². The summed E-state index contributed by atoms with van der Waals surface area (Å²) >= 11 is 0. The number of aryl methyl sites for hydroxylation is 9. The second kappa shape index (κ2) is 8.45. The summed E-state index contributed by atoms with van der Waals surface area (Å²) in [6, 6.07) is 14.4. The molecule has 0 saturated heterocycles. The van der Waals surface area contributed by atoms with E-state index in [9.17, 15) is 0 Å². The van der Waals surface area contributed by atoms with Crippen LogP contribution in [0, 0.1) is 62.3 Å². The lowest BCUT2D eigenvalue weighted by atomic mass is 10.1. The summed E-state index contributed by atoms with van der Waals surface area (Å²) in [5, 5.41) is 5.11. The fourth-order valence-electron chi connectivity index (χ4n) is 5.57. The number of hydrogen-bond acceptors (Lipinski definition) is 0. The van der Waals surface area contributed by atoms with E-state index < -0.39 is 17.4 Å². The van der Waals surface area contributed by atoms with Crippen LogP contribution in [0.1, 0.15) is 50.1 Å². The average molecular weight is 417 g/mol. The van der Waals surface area contributed by atoms with Crippen LogP contribution >= 0.6 is 0 Å². The van der Waals surface area contributed by atoms with Crippen molar-refractivity contribution in [1.82, 2.24) is 0 Å². The zero-order chi connectivity index (χ0) is 21.5. The van der Waals surface area contributed by atoms with E-state index in [0.29, 0.717) is 0 Å². The minimum Gasteiger partial charge on any atom is -0.0633 e. The third kappa shape index (κ3) is 4.49. The molecule has 2 heteroatoms. The lowest BCUT2D eigenvalue weighted by Gasteiger charge is -2.26. The Morgan fingerprint density at radius 2 is 0.724 bits per heavy atom. The van der Waals surface area contributed by atoms with Gasteiger partial charge in [0.15, 0.2) is 0 Å². The Morgan fingerprint density at radius 1 is 0.448 bits per heavy atom. The third-order valence-corrected chi connectivity index (χ3v) is 16.5. The van der Waals surface area contributed by atoms with Crippen LogP contribution in [0.4, 0.5) is 0 Å². The van der Waals surface area contributed by atoms with E-state index in [0.717, 1.165) is 0 Å². The van der Waals surface area contributed by atoms with Crippen LogP contribution in [0.15, 0.2) is 36.4 Å². The smallest absolute Gasteiger partial charge is 0.0633 e. The Bertz CT molecular complexity index is 949. The van der Waals surface area contributed by atoms with Crippen LogP contribution in [0.2, 0.25) is 0 Å². The van der Waals surface area contributed by atoms with Gasteiger partial charge in [0.25, 0.3) is 0 Å². The normalized spacial score (nSPS) is 11.8. The molecule has 0 N–H and O–H groups in total. The second-order valence-electron chi connectivity index (χ2n) is 9.26. The van der Waals surface area contributed by atoms with E-state index in [2.05, 4.69) is 98.7 Å². The molecular weight excluding hydrogens is 380 g/mol. The molecule has 0 aliphatic heterocycles. The van der Waals surface area contributed by atoms with Gasteiger partial charge < -0.3 is 0 Å². The van der Waals surface area contributed by atoms with Crippen molar-refractivity contribution in [2.24, 2.45) is 0 Å². The summed E-state index contributed by atoms with van der Waals surface area (Å²) in [7, 11) is -1.75. The van der Waals surface area contributed by atoms with Gasteiger partial charge >= 0.3 is 0 Å². The first-order valence-corrected chi connectivity index (χ1v) is 15.9. The molecule has 152 valence electrons. The van der Waals surface area contributed by atoms with Crippen LogP contribution in [-0.4, -0.2) is 17.4 Å². The molecule has 3 aromatic carbocycles. The average Bonchev–Trinajstić information content (AvgIpc) is 2.55. The summed E-state index contributed by atoms with van der Waals surface area (Å²) in [6.45, 7) is 20.7. The summed E-state index contributed by atoms with van der Waals surface area (Å²) < 4.78 is 0. The fraction of sp³-hybridized carbons (Fsp3) is 0.333. The SMILES string of the molecule is Cc1cc(C)c([SiH2][SiH](c2c(C)cc(C)cc2C)c2c(C)cc(C)cc2C)c(C)c1. The van der Waals surface area contributed by atoms with Gasteiger partial charge in [0.1, 0.15) is 0 Å². The van der Waals surface area contributed by atoms with Crippen molar-refractivity contribution >= 4 is 32.9 Å². The highest BCUT2D eigenvalue weighted by Gasteiger charge is 2.26. The molecule has 0 bridgehead atoms. The van der Waals surface area contributed by atoms with Gasteiger partial charge in [0.2, 0.25) is 0 Å². The van der Waals surface area contributed by atoms with Crippen LogP contribution in [0.5, 0.6) is 0 Å². The van der Waals surface area contributed by atoms with Crippen molar-refractivity contribution in [3.63, 3.8) is 0 Å². The quantitative estimate of drug-likeness (QED) is 0.568. The first-order chi connectivity index (χ1) is 13.6. The molecule has 0 heterocycles.